The third-order valence-corrected chi connectivity index (χ3v) is 8.91. The summed E-state index contributed by atoms with van der Waals surface area (Å²) in [7, 11) is 0. The highest BCUT2D eigenvalue weighted by atomic mass is 19.4. The van der Waals surface area contributed by atoms with E-state index in [-0.39, 0.29) is 17.2 Å². The maximum Gasteiger partial charge on any atom is 0.418 e. The normalized spacial score (nSPS) is 11.8. The Morgan fingerprint density at radius 2 is 1.35 bits per heavy atom. The molecule has 0 aliphatic rings. The first-order chi connectivity index (χ1) is 24.7. The summed E-state index contributed by atoms with van der Waals surface area (Å²) in [5, 5.41) is 27.4. The third kappa shape index (κ3) is 9.72. The van der Waals surface area contributed by atoms with Gasteiger partial charge in [0.1, 0.15) is 5.69 Å². The minimum atomic E-state index is -4.68. The second-order valence-corrected chi connectivity index (χ2v) is 12.7. The number of fused-ring (bicyclic) bond motifs is 2. The predicted octanol–water partition coefficient (Wildman–Crippen LogP) is 12.0. The Morgan fingerprint density at radius 3 is 2.10 bits per heavy atom. The summed E-state index contributed by atoms with van der Waals surface area (Å²) >= 11 is 0. The minimum Gasteiger partial charge on any atom is -0.505 e. The van der Waals surface area contributed by atoms with Gasteiger partial charge < -0.3 is 15.7 Å². The van der Waals surface area contributed by atoms with Gasteiger partial charge in [0.15, 0.2) is 5.75 Å². The van der Waals surface area contributed by atoms with Crippen LogP contribution in [0.1, 0.15) is 97.4 Å². The summed E-state index contributed by atoms with van der Waals surface area (Å²) in [6, 6.07) is 23.7. The lowest BCUT2D eigenvalue weighted by Crippen LogP contribution is -2.24. The molecular weight excluding hydrogens is 653 g/mol. The number of hydrogen-bond acceptors (Lipinski definition) is 5. The first-order valence-corrected chi connectivity index (χ1v) is 17.6. The van der Waals surface area contributed by atoms with Crippen LogP contribution in [0.15, 0.2) is 101 Å². The zero-order valence-electron chi connectivity index (χ0n) is 28.7. The molecule has 0 aliphatic carbocycles. The molecule has 0 bridgehead atoms. The zero-order chi connectivity index (χ0) is 36.2. The number of halogens is 3. The van der Waals surface area contributed by atoms with E-state index >= 15 is 0 Å². The largest absolute Gasteiger partial charge is 0.505 e. The molecule has 0 saturated heterocycles. The van der Waals surface area contributed by atoms with Gasteiger partial charge in [-0.2, -0.15) is 13.2 Å². The molecule has 5 aromatic carbocycles. The van der Waals surface area contributed by atoms with Crippen molar-refractivity contribution in [3.63, 3.8) is 0 Å². The summed E-state index contributed by atoms with van der Waals surface area (Å²) in [5.74, 6) is -1.54. The van der Waals surface area contributed by atoms with E-state index in [4.69, 9.17) is 0 Å². The van der Waals surface area contributed by atoms with E-state index < -0.39 is 29.1 Å². The average Bonchev–Trinajstić information content (AvgIpc) is 3.12. The first kappa shape index (κ1) is 37.0. The Balaban J connectivity index is 1.38. The van der Waals surface area contributed by atoms with Crippen LogP contribution in [0.2, 0.25) is 0 Å². The average molecular weight is 697 g/mol. The number of carbonyl (C=O) groups is 2. The number of rotatable bonds is 16. The van der Waals surface area contributed by atoms with Gasteiger partial charge >= 0.3 is 6.18 Å². The number of nitrogens with one attached hydrogen (secondary N) is 2. The summed E-state index contributed by atoms with van der Waals surface area (Å²) < 4.78 is 41.1. The number of benzene rings is 5. The molecule has 0 radical (unpaired) electrons. The van der Waals surface area contributed by atoms with Gasteiger partial charge in [-0.15, -0.1) is 10.2 Å². The molecule has 51 heavy (non-hydrogen) atoms. The van der Waals surface area contributed by atoms with Gasteiger partial charge in [-0.25, -0.2) is 0 Å². The molecule has 0 aromatic heterocycles. The first-order valence-electron chi connectivity index (χ1n) is 17.6. The molecule has 0 fully saturated rings. The van der Waals surface area contributed by atoms with Crippen LogP contribution < -0.4 is 10.6 Å². The van der Waals surface area contributed by atoms with Gasteiger partial charge in [-0.1, -0.05) is 119 Å². The smallest absolute Gasteiger partial charge is 0.418 e. The van der Waals surface area contributed by atoms with Crippen molar-refractivity contribution >= 4 is 50.4 Å². The molecule has 5 aromatic rings. The van der Waals surface area contributed by atoms with Crippen molar-refractivity contribution in [1.29, 1.82) is 0 Å². The van der Waals surface area contributed by atoms with Gasteiger partial charge in [0.2, 0.25) is 0 Å². The summed E-state index contributed by atoms with van der Waals surface area (Å²) in [6.07, 6.45) is 7.16. The van der Waals surface area contributed by atoms with Gasteiger partial charge in [0.05, 0.1) is 16.8 Å². The van der Waals surface area contributed by atoms with Crippen molar-refractivity contribution in [2.45, 2.75) is 77.3 Å². The number of azo groups is 1. The molecule has 0 aliphatic heterocycles. The van der Waals surface area contributed by atoms with Crippen molar-refractivity contribution < 1.29 is 27.9 Å². The topological polar surface area (TPSA) is 103 Å². The van der Waals surface area contributed by atoms with E-state index in [0.717, 1.165) is 36.1 Å². The maximum absolute atomic E-state index is 13.7. The number of hydrogen-bond donors (Lipinski definition) is 3. The SMILES string of the molecule is CCCCCCCCCCCCNC(=O)c1ccc2c(N=Nc3ccccc3C(F)(F)F)c(O)c(C(=O)Nc3cccc4ccccc34)cc2c1. The monoisotopic (exact) mass is 696 g/mol. The second kappa shape index (κ2) is 17.6. The quantitative estimate of drug-likeness (QED) is 0.0706. The summed E-state index contributed by atoms with van der Waals surface area (Å²) in [6.45, 7) is 2.73. The van der Waals surface area contributed by atoms with Crippen LogP contribution in [0.5, 0.6) is 5.75 Å². The zero-order valence-corrected chi connectivity index (χ0v) is 28.7. The Hall–Kier alpha value is -5.25. The van der Waals surface area contributed by atoms with E-state index in [2.05, 4.69) is 27.8 Å². The van der Waals surface area contributed by atoms with Crippen LogP contribution in [0.4, 0.5) is 30.2 Å². The predicted molar refractivity (Wildman–Crippen MR) is 197 cm³/mol. The molecular formula is C41H43F3N4O3. The Kier molecular flexibility index (Phi) is 12.8. The van der Waals surface area contributed by atoms with Crippen molar-refractivity contribution in [2.75, 3.05) is 11.9 Å². The molecule has 7 nitrogen and oxygen atoms in total. The van der Waals surface area contributed by atoms with Gasteiger partial charge in [-0.3, -0.25) is 9.59 Å². The Labute approximate surface area is 296 Å². The number of unbranched alkanes of at least 4 members (excludes halogenated alkanes) is 9. The molecule has 2 amide bonds. The van der Waals surface area contributed by atoms with Crippen LogP contribution in [-0.2, 0) is 6.18 Å². The van der Waals surface area contributed by atoms with Crippen LogP contribution in [0.25, 0.3) is 21.5 Å². The lowest BCUT2D eigenvalue weighted by atomic mass is 10.00. The lowest BCUT2D eigenvalue weighted by Gasteiger charge is -2.14. The lowest BCUT2D eigenvalue weighted by molar-refractivity contribution is -0.137. The second-order valence-electron chi connectivity index (χ2n) is 12.7. The number of phenols is 1. The Bertz CT molecular complexity index is 2000. The number of carbonyl (C=O) groups excluding carboxylic acids is 2. The molecule has 0 unspecified atom stereocenters. The number of phenolic OH excluding ortho intramolecular Hbond substituents is 1. The van der Waals surface area contributed by atoms with Crippen LogP contribution in [0, 0.1) is 0 Å². The molecule has 0 heterocycles. The van der Waals surface area contributed by atoms with E-state index in [9.17, 15) is 27.9 Å². The van der Waals surface area contributed by atoms with Crippen molar-refractivity contribution in [3.8, 4) is 5.75 Å². The molecule has 266 valence electrons. The van der Waals surface area contributed by atoms with Crippen LogP contribution in [-0.4, -0.2) is 23.5 Å². The fourth-order valence-electron chi connectivity index (χ4n) is 6.14. The third-order valence-electron chi connectivity index (χ3n) is 8.91. The molecule has 0 saturated carbocycles. The molecule has 0 atom stereocenters. The minimum absolute atomic E-state index is 0.184. The standard InChI is InChI=1S/C41H43F3N4O3/c1-2-3-4-5-6-7-8-9-10-15-25-45-39(50)29-23-24-32-30(26-29)27-33(40(51)46-35-22-16-18-28-17-11-12-19-31(28)35)38(49)37(32)48-47-36-21-14-13-20-34(36)41(42,43)44/h11-14,16-24,26-27,49H,2-10,15,25H2,1H3,(H,45,50)(H,46,51). The number of anilines is 1. The summed E-state index contributed by atoms with van der Waals surface area (Å²) in [4.78, 5) is 26.8. The van der Waals surface area contributed by atoms with Gasteiger partial charge in [-0.05, 0) is 53.6 Å². The highest BCUT2D eigenvalue weighted by Gasteiger charge is 2.33. The molecule has 0 spiro atoms. The molecule has 5 rings (SSSR count). The number of amides is 2. The highest BCUT2D eigenvalue weighted by Crippen LogP contribution is 2.42. The fraction of sp³-hybridized carbons (Fsp3) is 0.317. The molecule has 10 heteroatoms. The number of aromatic hydroxyl groups is 1. The Morgan fingerprint density at radius 1 is 0.686 bits per heavy atom. The maximum atomic E-state index is 13.7. The van der Waals surface area contributed by atoms with E-state index in [1.54, 1.807) is 30.3 Å². The van der Waals surface area contributed by atoms with Crippen LogP contribution >= 0.6 is 0 Å². The molecule has 3 N–H and O–H groups in total. The van der Waals surface area contributed by atoms with E-state index in [0.29, 0.717) is 28.6 Å². The van der Waals surface area contributed by atoms with Crippen LogP contribution in [0.3, 0.4) is 0 Å². The highest BCUT2D eigenvalue weighted by molar-refractivity contribution is 6.14. The van der Waals surface area contributed by atoms with Gasteiger partial charge in [0, 0.05) is 28.6 Å². The van der Waals surface area contributed by atoms with Crippen molar-refractivity contribution in [2.24, 2.45) is 10.2 Å². The summed E-state index contributed by atoms with van der Waals surface area (Å²) in [5.41, 5.74) is -1.01. The van der Waals surface area contributed by atoms with E-state index in [1.165, 1.54) is 69.2 Å². The van der Waals surface area contributed by atoms with E-state index in [1.807, 2.05) is 30.3 Å². The van der Waals surface area contributed by atoms with Gasteiger partial charge in [0.25, 0.3) is 11.8 Å². The number of alkyl halides is 3. The number of nitrogens with zero attached hydrogens (tertiary/aromatic N) is 2. The van der Waals surface area contributed by atoms with Crippen molar-refractivity contribution in [3.05, 3.63) is 108 Å². The van der Waals surface area contributed by atoms with Crippen molar-refractivity contribution in [1.82, 2.24) is 5.32 Å². The fourth-order valence-corrected chi connectivity index (χ4v) is 6.14.